The number of rotatable bonds is 13. The van der Waals surface area contributed by atoms with Gasteiger partial charge in [-0.15, -0.1) is 11.8 Å². The van der Waals surface area contributed by atoms with Crippen molar-refractivity contribution in [3.63, 3.8) is 0 Å². The highest BCUT2D eigenvalue weighted by Crippen LogP contribution is 2.28. The van der Waals surface area contributed by atoms with Crippen molar-refractivity contribution in [3.8, 4) is 0 Å². The van der Waals surface area contributed by atoms with Gasteiger partial charge < -0.3 is 4.57 Å². The van der Waals surface area contributed by atoms with Gasteiger partial charge in [0, 0.05) is 39.9 Å². The highest BCUT2D eigenvalue weighted by atomic mass is 35.5. The lowest BCUT2D eigenvalue weighted by Crippen LogP contribution is -2.15. The predicted molar refractivity (Wildman–Crippen MR) is 114 cm³/mol. The summed E-state index contributed by atoms with van der Waals surface area (Å²) in [6, 6.07) is 8.18. The van der Waals surface area contributed by atoms with E-state index in [1.54, 1.807) is 0 Å². The van der Waals surface area contributed by atoms with Crippen LogP contribution in [0.4, 0.5) is 0 Å². The zero-order valence-electron chi connectivity index (χ0n) is 15.1. The van der Waals surface area contributed by atoms with E-state index in [1.165, 1.54) is 54.9 Å². The Morgan fingerprint density at radius 3 is 2.56 bits per heavy atom. The molecule has 0 radical (unpaired) electrons. The number of hydrogen-bond donors (Lipinski definition) is 0. The molecular weight excluding hydrogens is 368 g/mol. The molecule has 1 heterocycles. The fourth-order valence-corrected chi connectivity index (χ4v) is 5.21. The summed E-state index contributed by atoms with van der Waals surface area (Å²) in [7, 11) is 0. The Morgan fingerprint density at radius 1 is 1.08 bits per heavy atom. The van der Waals surface area contributed by atoms with Crippen molar-refractivity contribution >= 4 is 35.1 Å². The molecule has 5 heteroatoms. The fourth-order valence-electron chi connectivity index (χ4n) is 2.66. The van der Waals surface area contributed by atoms with Gasteiger partial charge in [0.2, 0.25) is 0 Å². The average Bonchev–Trinajstić information content (AvgIpc) is 3.12. The summed E-state index contributed by atoms with van der Waals surface area (Å²) < 4.78 is 2.18. The lowest BCUT2D eigenvalue weighted by molar-refractivity contribution is 0.626. The van der Waals surface area contributed by atoms with Gasteiger partial charge in [-0.3, -0.25) is 0 Å². The molecule has 2 nitrogen and oxygen atoms in total. The zero-order valence-corrected chi connectivity index (χ0v) is 17.5. The minimum absolute atomic E-state index is 0.542. The first kappa shape index (κ1) is 20.7. The van der Waals surface area contributed by atoms with Crippen LogP contribution >= 0.6 is 35.1 Å². The maximum atomic E-state index is 6.00. The summed E-state index contributed by atoms with van der Waals surface area (Å²) in [4.78, 5) is 5.46. The Kier molecular flexibility index (Phi) is 10.5. The standard InChI is InChI=1S/C20H29ClN2S2/c1-2-3-4-5-6-7-14-24-16-20(15-23-13-12-22-17-23)25-19-10-8-18(21)9-11-19/h8-13,17,20H,2-7,14-16H2,1H3. The van der Waals surface area contributed by atoms with Crippen molar-refractivity contribution in [1.29, 1.82) is 0 Å². The molecule has 1 aromatic carbocycles. The number of halogens is 1. The van der Waals surface area contributed by atoms with E-state index in [1.807, 2.05) is 42.6 Å². The highest BCUT2D eigenvalue weighted by molar-refractivity contribution is 8.03. The minimum atomic E-state index is 0.542. The molecule has 0 spiro atoms. The molecule has 0 bridgehead atoms. The number of aromatic nitrogens is 2. The Morgan fingerprint density at radius 2 is 1.84 bits per heavy atom. The monoisotopic (exact) mass is 396 g/mol. The van der Waals surface area contributed by atoms with Crippen molar-refractivity contribution in [1.82, 2.24) is 9.55 Å². The summed E-state index contributed by atoms with van der Waals surface area (Å²) in [6.45, 7) is 3.27. The number of thioether (sulfide) groups is 2. The molecule has 25 heavy (non-hydrogen) atoms. The van der Waals surface area contributed by atoms with Crippen LogP contribution in [0.3, 0.4) is 0 Å². The number of benzene rings is 1. The van der Waals surface area contributed by atoms with Gasteiger partial charge in [0.15, 0.2) is 0 Å². The molecule has 2 aromatic rings. The summed E-state index contributed by atoms with van der Waals surface area (Å²) in [5.41, 5.74) is 0. The highest BCUT2D eigenvalue weighted by Gasteiger charge is 2.12. The second kappa shape index (κ2) is 12.7. The van der Waals surface area contributed by atoms with Crippen molar-refractivity contribution in [2.24, 2.45) is 0 Å². The normalized spacial score (nSPS) is 12.4. The fraction of sp³-hybridized carbons (Fsp3) is 0.550. The minimum Gasteiger partial charge on any atom is -0.336 e. The lowest BCUT2D eigenvalue weighted by atomic mass is 10.1. The quantitative estimate of drug-likeness (QED) is 0.274. The van der Waals surface area contributed by atoms with E-state index in [0.29, 0.717) is 5.25 Å². The van der Waals surface area contributed by atoms with Gasteiger partial charge in [0.25, 0.3) is 0 Å². The van der Waals surface area contributed by atoms with Crippen molar-refractivity contribution in [2.45, 2.75) is 62.1 Å². The largest absolute Gasteiger partial charge is 0.336 e. The first-order valence-electron chi connectivity index (χ1n) is 9.23. The van der Waals surface area contributed by atoms with Gasteiger partial charge in [-0.25, -0.2) is 4.98 Å². The summed E-state index contributed by atoms with van der Waals surface area (Å²) in [5.74, 6) is 2.44. The van der Waals surface area contributed by atoms with E-state index in [0.717, 1.165) is 11.6 Å². The smallest absolute Gasteiger partial charge is 0.0946 e. The molecule has 138 valence electrons. The molecule has 0 amide bonds. The molecule has 0 aliphatic carbocycles. The van der Waals surface area contributed by atoms with Crippen molar-refractivity contribution in [2.75, 3.05) is 11.5 Å². The van der Waals surface area contributed by atoms with Crippen LogP contribution in [0.2, 0.25) is 5.02 Å². The molecule has 1 unspecified atom stereocenters. The summed E-state index contributed by atoms with van der Waals surface area (Å²) >= 11 is 10.0. The van der Waals surface area contributed by atoms with E-state index in [9.17, 15) is 0 Å². The Hall–Kier alpha value is -0.580. The van der Waals surface area contributed by atoms with Crippen LogP contribution in [0.1, 0.15) is 45.4 Å². The van der Waals surface area contributed by atoms with E-state index in [-0.39, 0.29) is 0 Å². The molecule has 2 rings (SSSR count). The molecule has 0 fully saturated rings. The van der Waals surface area contributed by atoms with E-state index in [4.69, 9.17) is 11.6 Å². The predicted octanol–water partition coefficient (Wildman–Crippen LogP) is 6.79. The number of imidazole rings is 1. The van der Waals surface area contributed by atoms with Gasteiger partial charge in [0.1, 0.15) is 0 Å². The molecule has 0 N–H and O–H groups in total. The van der Waals surface area contributed by atoms with Crippen molar-refractivity contribution < 1.29 is 0 Å². The molecule has 0 saturated heterocycles. The number of hydrogen-bond acceptors (Lipinski definition) is 3. The van der Waals surface area contributed by atoms with Gasteiger partial charge in [0.05, 0.1) is 6.33 Å². The van der Waals surface area contributed by atoms with E-state index in [2.05, 4.69) is 40.4 Å². The van der Waals surface area contributed by atoms with E-state index < -0.39 is 0 Å². The first-order chi connectivity index (χ1) is 12.3. The van der Waals surface area contributed by atoms with Crippen LogP contribution in [0.15, 0.2) is 47.9 Å². The molecule has 1 aromatic heterocycles. The molecule has 0 saturated carbocycles. The average molecular weight is 397 g/mol. The topological polar surface area (TPSA) is 17.8 Å². The second-order valence-corrected chi connectivity index (χ2v) is 9.26. The van der Waals surface area contributed by atoms with Gasteiger partial charge in [-0.05, 0) is 36.4 Å². The van der Waals surface area contributed by atoms with Gasteiger partial charge in [-0.2, -0.15) is 11.8 Å². The maximum Gasteiger partial charge on any atom is 0.0946 e. The third-order valence-corrected chi connectivity index (χ3v) is 6.91. The third kappa shape index (κ3) is 9.07. The first-order valence-corrected chi connectivity index (χ1v) is 11.6. The number of unbranched alkanes of at least 4 members (excludes halogenated alkanes) is 5. The van der Waals surface area contributed by atoms with Crippen LogP contribution in [0, 0.1) is 0 Å². The van der Waals surface area contributed by atoms with E-state index >= 15 is 0 Å². The molecule has 0 aliphatic rings. The molecule has 1 atom stereocenters. The summed E-state index contributed by atoms with van der Waals surface area (Å²) in [5, 5.41) is 1.34. The van der Waals surface area contributed by atoms with Gasteiger partial charge >= 0.3 is 0 Å². The molecule has 0 aliphatic heterocycles. The Labute approximate surface area is 166 Å². The zero-order chi connectivity index (χ0) is 17.7. The summed E-state index contributed by atoms with van der Waals surface area (Å²) in [6.07, 6.45) is 14.0. The lowest BCUT2D eigenvalue weighted by Gasteiger charge is -2.17. The maximum absolute atomic E-state index is 6.00. The number of nitrogens with zero attached hydrogens (tertiary/aromatic N) is 2. The Balaban J connectivity index is 1.73. The van der Waals surface area contributed by atoms with Crippen LogP contribution in [0.5, 0.6) is 0 Å². The van der Waals surface area contributed by atoms with Crippen LogP contribution in [-0.2, 0) is 6.54 Å². The van der Waals surface area contributed by atoms with Gasteiger partial charge in [-0.1, -0.05) is 50.6 Å². The molecular formula is C20H29ClN2S2. The van der Waals surface area contributed by atoms with Crippen molar-refractivity contribution in [3.05, 3.63) is 48.0 Å². The second-order valence-electron chi connectivity index (χ2n) is 6.30. The van der Waals surface area contributed by atoms with Crippen LogP contribution in [0.25, 0.3) is 0 Å². The SMILES string of the molecule is CCCCCCCCSCC(Cn1ccnc1)Sc1ccc(Cl)cc1. The Bertz CT molecular complexity index is 558. The third-order valence-electron chi connectivity index (χ3n) is 4.04. The van der Waals surface area contributed by atoms with Crippen LogP contribution < -0.4 is 0 Å². The van der Waals surface area contributed by atoms with Crippen LogP contribution in [-0.4, -0.2) is 26.3 Å².